The fourth-order valence-corrected chi connectivity index (χ4v) is 2.91. The Balaban J connectivity index is 1.77. The number of aryl methyl sites for hydroxylation is 1. The van der Waals surface area contributed by atoms with Crippen molar-refractivity contribution in [1.29, 1.82) is 0 Å². The number of nitrogens with one attached hydrogen (secondary N) is 2. The van der Waals surface area contributed by atoms with Crippen molar-refractivity contribution in [3.05, 3.63) is 64.0 Å². The number of thiophene rings is 1. The summed E-state index contributed by atoms with van der Waals surface area (Å²) in [6.45, 7) is 2.66. The number of nitrogens with zero attached hydrogens (tertiary/aromatic N) is 1. The average molecular weight is 311 g/mol. The monoisotopic (exact) mass is 311 g/mol. The highest BCUT2D eigenvalue weighted by molar-refractivity contribution is 7.09. The number of hydrogen-bond acceptors (Lipinski definition) is 3. The van der Waals surface area contributed by atoms with Crippen LogP contribution in [0.3, 0.4) is 0 Å². The molecule has 4 nitrogen and oxygen atoms in total. The smallest absolute Gasteiger partial charge is 0.255 e. The molecule has 2 heterocycles. The Morgan fingerprint density at radius 1 is 1.27 bits per heavy atom. The van der Waals surface area contributed by atoms with E-state index < -0.39 is 0 Å². The summed E-state index contributed by atoms with van der Waals surface area (Å²) in [4.78, 5) is 13.5. The number of benzene rings is 1. The van der Waals surface area contributed by atoms with Crippen molar-refractivity contribution in [2.75, 3.05) is 0 Å². The highest BCUT2D eigenvalue weighted by Crippen LogP contribution is 2.22. The molecule has 0 aliphatic rings. The number of amides is 1. The number of carbonyl (C=O) groups is 1. The van der Waals surface area contributed by atoms with Crippen molar-refractivity contribution < 1.29 is 4.79 Å². The van der Waals surface area contributed by atoms with E-state index in [1.807, 2.05) is 29.6 Å². The third-order valence-corrected chi connectivity index (χ3v) is 4.41. The summed E-state index contributed by atoms with van der Waals surface area (Å²) < 4.78 is 0. The largest absolute Gasteiger partial charge is 0.347 e. The molecule has 0 saturated carbocycles. The van der Waals surface area contributed by atoms with Crippen molar-refractivity contribution in [3.8, 4) is 11.3 Å². The minimum Gasteiger partial charge on any atom is -0.347 e. The van der Waals surface area contributed by atoms with E-state index in [2.05, 4.69) is 34.6 Å². The van der Waals surface area contributed by atoms with E-state index in [1.165, 1.54) is 5.56 Å². The molecule has 1 amide bonds. The van der Waals surface area contributed by atoms with Gasteiger partial charge in [0.2, 0.25) is 0 Å². The van der Waals surface area contributed by atoms with E-state index in [0.717, 1.165) is 22.6 Å². The average Bonchev–Trinajstić information content (AvgIpc) is 3.24. The van der Waals surface area contributed by atoms with Gasteiger partial charge in [-0.2, -0.15) is 5.10 Å². The van der Waals surface area contributed by atoms with Gasteiger partial charge in [-0.3, -0.25) is 9.89 Å². The van der Waals surface area contributed by atoms with Crippen molar-refractivity contribution in [2.45, 2.75) is 19.9 Å². The first-order chi connectivity index (χ1) is 10.8. The lowest BCUT2D eigenvalue weighted by atomic mass is 10.0. The van der Waals surface area contributed by atoms with E-state index in [-0.39, 0.29) is 5.91 Å². The minimum atomic E-state index is -0.114. The second-order valence-electron chi connectivity index (χ2n) is 4.97. The Morgan fingerprint density at radius 2 is 2.09 bits per heavy atom. The van der Waals surface area contributed by atoms with Crippen LogP contribution in [-0.2, 0) is 13.0 Å². The van der Waals surface area contributed by atoms with Gasteiger partial charge in [0.15, 0.2) is 0 Å². The number of aromatic nitrogens is 2. The quantitative estimate of drug-likeness (QED) is 0.756. The van der Waals surface area contributed by atoms with Gasteiger partial charge in [0, 0.05) is 10.4 Å². The molecule has 2 aromatic heterocycles. The molecule has 0 atom stereocenters. The Kier molecular flexibility index (Phi) is 4.34. The van der Waals surface area contributed by atoms with Crippen molar-refractivity contribution in [2.24, 2.45) is 0 Å². The molecule has 0 unspecified atom stereocenters. The SMILES string of the molecule is CCc1ccc(-c2[nH]ncc2C(=O)NCc2cccs2)cc1. The fraction of sp³-hybridized carbons (Fsp3) is 0.176. The van der Waals surface area contributed by atoms with Gasteiger partial charge in [0.1, 0.15) is 0 Å². The van der Waals surface area contributed by atoms with Crippen LogP contribution in [0, 0.1) is 0 Å². The summed E-state index contributed by atoms with van der Waals surface area (Å²) in [6, 6.07) is 12.2. The van der Waals surface area contributed by atoms with Crippen molar-refractivity contribution >= 4 is 17.2 Å². The maximum absolute atomic E-state index is 12.4. The Morgan fingerprint density at radius 3 is 2.77 bits per heavy atom. The molecule has 0 saturated heterocycles. The normalized spacial score (nSPS) is 10.6. The zero-order chi connectivity index (χ0) is 15.4. The lowest BCUT2D eigenvalue weighted by Crippen LogP contribution is -2.22. The molecule has 0 bridgehead atoms. The zero-order valence-electron chi connectivity index (χ0n) is 12.3. The highest BCUT2D eigenvalue weighted by Gasteiger charge is 2.15. The topological polar surface area (TPSA) is 57.8 Å². The van der Waals surface area contributed by atoms with Gasteiger partial charge in [-0.05, 0) is 23.4 Å². The number of H-pyrrole nitrogens is 1. The van der Waals surface area contributed by atoms with Crippen molar-refractivity contribution in [3.63, 3.8) is 0 Å². The molecule has 1 aromatic carbocycles. The predicted octanol–water partition coefficient (Wildman–Crippen LogP) is 3.63. The molecule has 112 valence electrons. The number of aromatic amines is 1. The van der Waals surface area contributed by atoms with Crippen LogP contribution in [0.4, 0.5) is 0 Å². The first-order valence-electron chi connectivity index (χ1n) is 7.21. The van der Waals surface area contributed by atoms with Gasteiger partial charge in [-0.1, -0.05) is 37.3 Å². The lowest BCUT2D eigenvalue weighted by Gasteiger charge is -2.05. The molecule has 0 fully saturated rings. The van der Waals surface area contributed by atoms with Crippen LogP contribution in [0.25, 0.3) is 11.3 Å². The maximum Gasteiger partial charge on any atom is 0.255 e. The summed E-state index contributed by atoms with van der Waals surface area (Å²) in [6.07, 6.45) is 2.57. The van der Waals surface area contributed by atoms with E-state index in [0.29, 0.717) is 12.1 Å². The van der Waals surface area contributed by atoms with Crippen molar-refractivity contribution in [1.82, 2.24) is 15.5 Å². The molecule has 0 radical (unpaired) electrons. The first kappa shape index (κ1) is 14.5. The second kappa shape index (κ2) is 6.58. The minimum absolute atomic E-state index is 0.114. The Labute approximate surface area is 133 Å². The van der Waals surface area contributed by atoms with Crippen LogP contribution in [0.15, 0.2) is 48.0 Å². The number of carbonyl (C=O) groups excluding carboxylic acids is 1. The Hall–Kier alpha value is -2.40. The molecule has 22 heavy (non-hydrogen) atoms. The maximum atomic E-state index is 12.4. The number of rotatable bonds is 5. The van der Waals surface area contributed by atoms with E-state index in [1.54, 1.807) is 17.5 Å². The molecular formula is C17H17N3OS. The summed E-state index contributed by atoms with van der Waals surface area (Å²) in [7, 11) is 0. The van der Waals surface area contributed by atoms with Crippen LogP contribution in [-0.4, -0.2) is 16.1 Å². The van der Waals surface area contributed by atoms with E-state index in [4.69, 9.17) is 0 Å². The molecule has 0 aliphatic heterocycles. The second-order valence-corrected chi connectivity index (χ2v) is 6.00. The van der Waals surface area contributed by atoms with Gasteiger partial charge >= 0.3 is 0 Å². The highest BCUT2D eigenvalue weighted by atomic mass is 32.1. The Bertz CT molecular complexity index is 745. The molecule has 0 aliphatic carbocycles. The first-order valence-corrected chi connectivity index (χ1v) is 8.09. The summed E-state index contributed by atoms with van der Waals surface area (Å²) >= 11 is 1.63. The molecule has 3 aromatic rings. The van der Waals surface area contributed by atoms with Gasteiger partial charge in [0.05, 0.1) is 24.0 Å². The van der Waals surface area contributed by atoms with Crippen LogP contribution >= 0.6 is 11.3 Å². The van der Waals surface area contributed by atoms with E-state index in [9.17, 15) is 4.79 Å². The number of hydrogen-bond donors (Lipinski definition) is 2. The molecule has 0 spiro atoms. The summed E-state index contributed by atoms with van der Waals surface area (Å²) in [5, 5.41) is 11.9. The van der Waals surface area contributed by atoms with Crippen LogP contribution in [0.5, 0.6) is 0 Å². The molecule has 3 rings (SSSR count). The molecule has 2 N–H and O–H groups in total. The summed E-state index contributed by atoms with van der Waals surface area (Å²) in [5.74, 6) is -0.114. The molecular weight excluding hydrogens is 294 g/mol. The van der Waals surface area contributed by atoms with Gasteiger partial charge in [0.25, 0.3) is 5.91 Å². The third kappa shape index (κ3) is 3.09. The zero-order valence-corrected chi connectivity index (χ0v) is 13.1. The van der Waals surface area contributed by atoms with E-state index >= 15 is 0 Å². The predicted molar refractivity (Wildman–Crippen MR) is 88.9 cm³/mol. The fourth-order valence-electron chi connectivity index (χ4n) is 2.26. The van der Waals surface area contributed by atoms with Gasteiger partial charge in [-0.15, -0.1) is 11.3 Å². The van der Waals surface area contributed by atoms with Crippen LogP contribution < -0.4 is 5.32 Å². The van der Waals surface area contributed by atoms with Gasteiger partial charge < -0.3 is 5.32 Å². The third-order valence-electron chi connectivity index (χ3n) is 3.54. The lowest BCUT2D eigenvalue weighted by molar-refractivity contribution is 0.0952. The van der Waals surface area contributed by atoms with Crippen LogP contribution in [0.1, 0.15) is 27.7 Å². The molecule has 5 heteroatoms. The summed E-state index contributed by atoms with van der Waals surface area (Å²) in [5.41, 5.74) is 3.56. The standard InChI is InChI=1S/C17H17N3OS/c1-2-12-5-7-13(8-6-12)16-15(11-19-20-16)17(21)18-10-14-4-3-9-22-14/h3-9,11H,2,10H2,1H3,(H,18,21)(H,19,20). The van der Waals surface area contributed by atoms with Gasteiger partial charge in [-0.25, -0.2) is 0 Å². The van der Waals surface area contributed by atoms with Crippen LogP contribution in [0.2, 0.25) is 0 Å².